The third-order valence-electron chi connectivity index (χ3n) is 2.76. The fourth-order valence-electron chi connectivity index (χ4n) is 1.89. The maximum atomic E-state index is 12.5. The quantitative estimate of drug-likeness (QED) is 0.793. The Morgan fingerprint density at radius 1 is 1.24 bits per heavy atom. The van der Waals surface area contributed by atoms with Crippen LogP contribution < -0.4 is 0 Å². The summed E-state index contributed by atoms with van der Waals surface area (Å²) in [5, 5.41) is 0. The van der Waals surface area contributed by atoms with Gasteiger partial charge in [0.15, 0.2) is 6.10 Å². The average Bonchev–Trinajstić information content (AvgIpc) is 2.29. The van der Waals surface area contributed by atoms with Crippen LogP contribution in [-0.2, 0) is 11.3 Å². The molecular weight excluding hydrogens is 231 g/mol. The Labute approximate surface area is 98.0 Å². The molecular formula is C12H14F3NO. The van der Waals surface area contributed by atoms with Crippen LogP contribution in [0.15, 0.2) is 30.3 Å². The first-order valence-corrected chi connectivity index (χ1v) is 5.50. The van der Waals surface area contributed by atoms with E-state index in [2.05, 4.69) is 0 Å². The minimum atomic E-state index is -4.27. The monoisotopic (exact) mass is 245 g/mol. The van der Waals surface area contributed by atoms with Crippen LogP contribution in [-0.4, -0.2) is 36.9 Å². The van der Waals surface area contributed by atoms with Gasteiger partial charge in [-0.3, -0.25) is 4.90 Å². The molecule has 2 nitrogen and oxygen atoms in total. The summed E-state index contributed by atoms with van der Waals surface area (Å²) in [6, 6.07) is 9.49. The summed E-state index contributed by atoms with van der Waals surface area (Å²) >= 11 is 0. The van der Waals surface area contributed by atoms with E-state index in [-0.39, 0.29) is 13.2 Å². The Hall–Kier alpha value is -1.07. The molecule has 1 saturated heterocycles. The van der Waals surface area contributed by atoms with Gasteiger partial charge < -0.3 is 4.74 Å². The van der Waals surface area contributed by atoms with E-state index < -0.39 is 12.3 Å². The van der Waals surface area contributed by atoms with Crippen molar-refractivity contribution in [2.75, 3.05) is 19.7 Å². The first-order chi connectivity index (χ1) is 8.05. The number of benzene rings is 1. The molecule has 0 spiro atoms. The molecule has 0 N–H and O–H groups in total. The zero-order valence-electron chi connectivity index (χ0n) is 9.28. The Balaban J connectivity index is 1.94. The van der Waals surface area contributed by atoms with E-state index in [1.54, 1.807) is 4.90 Å². The number of nitrogens with zero attached hydrogens (tertiary/aromatic N) is 1. The van der Waals surface area contributed by atoms with Crippen LogP contribution in [0.25, 0.3) is 0 Å². The van der Waals surface area contributed by atoms with E-state index in [0.717, 1.165) is 5.56 Å². The highest BCUT2D eigenvalue weighted by molar-refractivity contribution is 5.14. The molecule has 1 heterocycles. The summed E-state index contributed by atoms with van der Waals surface area (Å²) in [7, 11) is 0. The van der Waals surface area contributed by atoms with Crippen LogP contribution in [0, 0.1) is 0 Å². The van der Waals surface area contributed by atoms with Crippen LogP contribution in [0.4, 0.5) is 13.2 Å². The van der Waals surface area contributed by atoms with E-state index in [9.17, 15) is 13.2 Å². The summed E-state index contributed by atoms with van der Waals surface area (Å²) in [4.78, 5) is 1.77. The second-order valence-corrected chi connectivity index (χ2v) is 4.12. The molecule has 1 unspecified atom stereocenters. The summed E-state index contributed by atoms with van der Waals surface area (Å²) in [6.07, 6.45) is -5.92. The van der Waals surface area contributed by atoms with Gasteiger partial charge in [-0.1, -0.05) is 30.3 Å². The normalized spacial score (nSPS) is 22.6. The molecule has 17 heavy (non-hydrogen) atoms. The van der Waals surface area contributed by atoms with Crippen molar-refractivity contribution >= 4 is 0 Å². The van der Waals surface area contributed by atoms with Crippen molar-refractivity contribution in [1.82, 2.24) is 4.90 Å². The summed E-state index contributed by atoms with van der Waals surface area (Å²) in [6.45, 7) is 1.13. The number of alkyl halides is 3. The lowest BCUT2D eigenvalue weighted by Crippen LogP contribution is -2.48. The van der Waals surface area contributed by atoms with Gasteiger partial charge in [-0.2, -0.15) is 13.2 Å². The Bertz CT molecular complexity index is 353. The highest BCUT2D eigenvalue weighted by Crippen LogP contribution is 2.26. The molecule has 94 valence electrons. The number of hydrogen-bond acceptors (Lipinski definition) is 2. The summed E-state index contributed by atoms with van der Waals surface area (Å²) in [5.41, 5.74) is 1.02. The lowest BCUT2D eigenvalue weighted by molar-refractivity contribution is -0.237. The first-order valence-electron chi connectivity index (χ1n) is 5.50. The largest absolute Gasteiger partial charge is 0.415 e. The standard InChI is InChI=1S/C12H14F3NO/c13-12(14,15)11-9-16(6-7-17-11)8-10-4-2-1-3-5-10/h1-5,11H,6-9H2. The molecule has 1 fully saturated rings. The molecule has 5 heteroatoms. The van der Waals surface area contributed by atoms with Crippen molar-refractivity contribution in [2.45, 2.75) is 18.8 Å². The summed E-state index contributed by atoms with van der Waals surface area (Å²) in [5.74, 6) is 0. The maximum Gasteiger partial charge on any atom is 0.415 e. The zero-order chi connectivity index (χ0) is 12.3. The maximum absolute atomic E-state index is 12.5. The van der Waals surface area contributed by atoms with Gasteiger partial charge in [-0.25, -0.2) is 0 Å². The van der Waals surface area contributed by atoms with Gasteiger partial charge in [-0.15, -0.1) is 0 Å². The average molecular weight is 245 g/mol. The molecule has 0 saturated carbocycles. The van der Waals surface area contributed by atoms with Crippen molar-refractivity contribution in [1.29, 1.82) is 0 Å². The van der Waals surface area contributed by atoms with Gasteiger partial charge >= 0.3 is 6.18 Å². The number of rotatable bonds is 2. The SMILES string of the molecule is FC(F)(F)C1CN(Cc2ccccc2)CCO1. The molecule has 1 aliphatic rings. The van der Waals surface area contributed by atoms with E-state index in [4.69, 9.17) is 4.74 Å². The van der Waals surface area contributed by atoms with Crippen LogP contribution in [0.5, 0.6) is 0 Å². The fourth-order valence-corrected chi connectivity index (χ4v) is 1.89. The van der Waals surface area contributed by atoms with Gasteiger partial charge in [0.25, 0.3) is 0 Å². The van der Waals surface area contributed by atoms with Crippen molar-refractivity contribution < 1.29 is 17.9 Å². The molecule has 0 aromatic heterocycles. The number of hydrogen-bond donors (Lipinski definition) is 0. The zero-order valence-corrected chi connectivity index (χ0v) is 9.28. The smallest absolute Gasteiger partial charge is 0.366 e. The molecule has 2 rings (SSSR count). The Morgan fingerprint density at radius 2 is 1.94 bits per heavy atom. The van der Waals surface area contributed by atoms with Gasteiger partial charge in [0, 0.05) is 19.6 Å². The molecule has 0 aliphatic carbocycles. The molecule has 0 bridgehead atoms. The number of halogens is 3. The molecule has 1 aliphatic heterocycles. The molecule has 0 radical (unpaired) electrons. The van der Waals surface area contributed by atoms with Gasteiger partial charge in [0.1, 0.15) is 0 Å². The van der Waals surface area contributed by atoms with Crippen LogP contribution in [0.3, 0.4) is 0 Å². The predicted octanol–water partition coefficient (Wildman–Crippen LogP) is 2.45. The minimum absolute atomic E-state index is 0.0849. The van der Waals surface area contributed by atoms with Crippen LogP contribution >= 0.6 is 0 Å². The second kappa shape index (κ2) is 5.06. The van der Waals surface area contributed by atoms with Gasteiger partial charge in [-0.05, 0) is 5.56 Å². The van der Waals surface area contributed by atoms with Crippen molar-refractivity contribution in [3.05, 3.63) is 35.9 Å². The van der Waals surface area contributed by atoms with Crippen molar-refractivity contribution in [3.8, 4) is 0 Å². The van der Waals surface area contributed by atoms with E-state index >= 15 is 0 Å². The highest BCUT2D eigenvalue weighted by Gasteiger charge is 2.43. The molecule has 0 amide bonds. The van der Waals surface area contributed by atoms with E-state index in [1.807, 2.05) is 30.3 Å². The first kappa shape index (κ1) is 12.4. The number of ether oxygens (including phenoxy) is 1. The Morgan fingerprint density at radius 3 is 2.59 bits per heavy atom. The molecule has 1 aromatic rings. The van der Waals surface area contributed by atoms with Gasteiger partial charge in [0.05, 0.1) is 6.61 Å². The van der Waals surface area contributed by atoms with Crippen LogP contribution in [0.2, 0.25) is 0 Å². The van der Waals surface area contributed by atoms with Gasteiger partial charge in [0.2, 0.25) is 0 Å². The third kappa shape index (κ3) is 3.44. The number of morpholine rings is 1. The second-order valence-electron chi connectivity index (χ2n) is 4.12. The van der Waals surface area contributed by atoms with Crippen LogP contribution in [0.1, 0.15) is 5.56 Å². The van der Waals surface area contributed by atoms with Crippen molar-refractivity contribution in [3.63, 3.8) is 0 Å². The fraction of sp³-hybridized carbons (Fsp3) is 0.500. The van der Waals surface area contributed by atoms with Crippen molar-refractivity contribution in [2.24, 2.45) is 0 Å². The summed E-state index contributed by atoms with van der Waals surface area (Å²) < 4.78 is 42.2. The Kier molecular flexibility index (Phi) is 3.69. The predicted molar refractivity (Wildman–Crippen MR) is 57.5 cm³/mol. The molecule has 1 atom stereocenters. The minimum Gasteiger partial charge on any atom is -0.366 e. The van der Waals surface area contributed by atoms with E-state index in [0.29, 0.717) is 13.1 Å². The lowest BCUT2D eigenvalue weighted by atomic mass is 10.2. The lowest BCUT2D eigenvalue weighted by Gasteiger charge is -2.33. The van der Waals surface area contributed by atoms with E-state index in [1.165, 1.54) is 0 Å². The molecule has 1 aromatic carbocycles. The topological polar surface area (TPSA) is 12.5 Å². The highest BCUT2D eigenvalue weighted by atomic mass is 19.4. The third-order valence-corrected chi connectivity index (χ3v) is 2.76.